The van der Waals surface area contributed by atoms with Crippen LogP contribution >= 0.6 is 24.8 Å². The van der Waals surface area contributed by atoms with E-state index in [2.05, 4.69) is 45.6 Å². The zero-order valence-corrected chi connectivity index (χ0v) is 8.55. The largest absolute Gasteiger partial charge is 0.475 e. The highest BCUT2D eigenvalue weighted by Crippen LogP contribution is 2.22. The smallest absolute Gasteiger partial charge is 0.217 e. The van der Waals surface area contributed by atoms with Crippen molar-refractivity contribution in [3.05, 3.63) is 0 Å². The van der Waals surface area contributed by atoms with Crippen LogP contribution in [0.1, 0.15) is 27.7 Å². The van der Waals surface area contributed by atoms with Gasteiger partial charge in [-0.25, -0.2) is 0 Å². The zero-order valence-electron chi connectivity index (χ0n) is 6.84. The van der Waals surface area contributed by atoms with Crippen LogP contribution in [0.4, 0.5) is 0 Å². The van der Waals surface area contributed by atoms with Crippen LogP contribution in [0, 0.1) is 5.41 Å². The summed E-state index contributed by atoms with van der Waals surface area (Å²) in [6.45, 7) is 8.29. The van der Waals surface area contributed by atoms with Gasteiger partial charge in [0.25, 0.3) is 0 Å². The molecule has 3 heteroatoms. The van der Waals surface area contributed by atoms with E-state index in [1.807, 2.05) is 6.92 Å². The molecule has 0 aromatic carbocycles. The summed E-state index contributed by atoms with van der Waals surface area (Å²) in [7, 11) is 0. The van der Waals surface area contributed by atoms with Crippen molar-refractivity contribution in [3.63, 3.8) is 0 Å². The van der Waals surface area contributed by atoms with E-state index in [4.69, 9.17) is 4.74 Å². The Morgan fingerprint density at radius 3 is 2.00 bits per heavy atom. The second-order valence-electron chi connectivity index (χ2n) is 3.39. The Kier molecular flexibility index (Phi) is 3.66. The highest BCUT2D eigenvalue weighted by Gasteiger charge is 2.21. The molecule has 0 rings (SSSR count). The van der Waals surface area contributed by atoms with Crippen LogP contribution in [0.2, 0.25) is 0 Å². The van der Waals surface area contributed by atoms with Crippen LogP contribution in [0.15, 0.2) is 0 Å². The van der Waals surface area contributed by atoms with Crippen LogP contribution in [0.3, 0.4) is 0 Å². The molecule has 0 radical (unpaired) electrons. The molecule has 0 aromatic heterocycles. The number of thiocarbonyl (C=S) groups is 1. The predicted molar refractivity (Wildman–Crippen MR) is 51.6 cm³/mol. The molecule has 0 aliphatic heterocycles. The molecule has 0 fully saturated rings. The van der Waals surface area contributed by atoms with Gasteiger partial charge in [0.1, 0.15) is 6.10 Å². The summed E-state index contributed by atoms with van der Waals surface area (Å²) in [5.74, 6) is 0. The number of thiol groups is 1. The first-order chi connectivity index (χ1) is 4.34. The topological polar surface area (TPSA) is 9.23 Å². The molecule has 0 N–H and O–H groups in total. The lowest BCUT2D eigenvalue weighted by Gasteiger charge is -2.26. The Bertz CT molecular complexity index is 126. The van der Waals surface area contributed by atoms with E-state index < -0.39 is 0 Å². The number of hydrogen-bond donors (Lipinski definition) is 1. The summed E-state index contributed by atoms with van der Waals surface area (Å²) in [5.41, 5.74) is 0.132. The van der Waals surface area contributed by atoms with Gasteiger partial charge in [-0.05, 0) is 24.6 Å². The lowest BCUT2D eigenvalue weighted by Crippen LogP contribution is -2.26. The highest BCUT2D eigenvalue weighted by molar-refractivity contribution is 8.10. The quantitative estimate of drug-likeness (QED) is 0.488. The summed E-state index contributed by atoms with van der Waals surface area (Å²) >= 11 is 8.56. The Labute approximate surface area is 73.6 Å². The van der Waals surface area contributed by atoms with E-state index in [0.717, 1.165) is 0 Å². The Morgan fingerprint density at radius 2 is 1.90 bits per heavy atom. The van der Waals surface area contributed by atoms with Crippen molar-refractivity contribution in [2.45, 2.75) is 33.8 Å². The molecular weight excluding hydrogens is 164 g/mol. The van der Waals surface area contributed by atoms with E-state index >= 15 is 0 Å². The van der Waals surface area contributed by atoms with E-state index in [9.17, 15) is 0 Å². The van der Waals surface area contributed by atoms with Crippen LogP contribution in [-0.2, 0) is 4.74 Å². The van der Waals surface area contributed by atoms with Gasteiger partial charge in [0.05, 0.1) is 0 Å². The molecule has 0 saturated carbocycles. The molecule has 0 spiro atoms. The number of ether oxygens (including phenoxy) is 1. The molecule has 0 saturated heterocycles. The normalized spacial score (nSPS) is 14.5. The number of rotatable bonds is 1. The van der Waals surface area contributed by atoms with Gasteiger partial charge in [0.15, 0.2) is 0 Å². The van der Waals surface area contributed by atoms with Gasteiger partial charge in [-0.15, -0.1) is 0 Å². The van der Waals surface area contributed by atoms with Crippen molar-refractivity contribution in [2.75, 3.05) is 0 Å². The molecule has 0 aliphatic carbocycles. The van der Waals surface area contributed by atoms with Gasteiger partial charge in [-0.1, -0.05) is 33.4 Å². The van der Waals surface area contributed by atoms with Crippen LogP contribution in [-0.4, -0.2) is 10.5 Å². The van der Waals surface area contributed by atoms with Crippen molar-refractivity contribution in [3.8, 4) is 0 Å². The van der Waals surface area contributed by atoms with Gasteiger partial charge in [-0.2, -0.15) is 0 Å². The molecule has 1 atom stereocenters. The lowest BCUT2D eigenvalue weighted by atomic mass is 9.90. The Morgan fingerprint density at radius 1 is 1.50 bits per heavy atom. The zero-order chi connectivity index (χ0) is 8.36. The van der Waals surface area contributed by atoms with Crippen molar-refractivity contribution < 1.29 is 4.74 Å². The monoisotopic (exact) mass is 178 g/mol. The second-order valence-corrected chi connectivity index (χ2v) is 4.47. The minimum Gasteiger partial charge on any atom is -0.475 e. The van der Waals surface area contributed by atoms with E-state index in [1.165, 1.54) is 0 Å². The molecule has 10 heavy (non-hydrogen) atoms. The summed E-state index contributed by atoms with van der Waals surface area (Å²) in [4.78, 5) is 0. The number of hydrogen-bond acceptors (Lipinski definition) is 2. The third-order valence-electron chi connectivity index (χ3n) is 1.50. The van der Waals surface area contributed by atoms with Crippen molar-refractivity contribution in [2.24, 2.45) is 5.41 Å². The molecular formula is C7H14OS2. The minimum atomic E-state index is 0.123. The fourth-order valence-electron chi connectivity index (χ4n) is 0.328. The van der Waals surface area contributed by atoms with Gasteiger partial charge < -0.3 is 4.74 Å². The maximum Gasteiger partial charge on any atom is 0.217 e. The van der Waals surface area contributed by atoms with Crippen LogP contribution in [0.5, 0.6) is 0 Å². The van der Waals surface area contributed by atoms with E-state index in [0.29, 0.717) is 4.38 Å². The third-order valence-corrected chi connectivity index (χ3v) is 1.70. The van der Waals surface area contributed by atoms with Gasteiger partial charge in [-0.3, -0.25) is 0 Å². The first-order valence-corrected chi connectivity index (χ1v) is 4.09. The first-order valence-electron chi connectivity index (χ1n) is 3.23. The summed E-state index contributed by atoms with van der Waals surface area (Å²) < 4.78 is 5.53. The van der Waals surface area contributed by atoms with Crippen molar-refractivity contribution >= 4 is 29.2 Å². The van der Waals surface area contributed by atoms with Crippen molar-refractivity contribution in [1.29, 1.82) is 0 Å². The SMILES string of the molecule is CC(OC(=S)S)C(C)(C)C. The second kappa shape index (κ2) is 3.58. The molecule has 1 nitrogen and oxygen atoms in total. The fraction of sp³-hybridized carbons (Fsp3) is 0.857. The fourth-order valence-corrected chi connectivity index (χ4v) is 0.630. The summed E-state index contributed by atoms with van der Waals surface area (Å²) in [6, 6.07) is 0. The van der Waals surface area contributed by atoms with Crippen molar-refractivity contribution in [1.82, 2.24) is 0 Å². The van der Waals surface area contributed by atoms with Crippen LogP contribution < -0.4 is 0 Å². The molecule has 0 amide bonds. The third kappa shape index (κ3) is 4.12. The minimum absolute atomic E-state index is 0.123. The van der Waals surface area contributed by atoms with E-state index in [1.54, 1.807) is 0 Å². The van der Waals surface area contributed by atoms with Gasteiger partial charge in [0, 0.05) is 0 Å². The molecule has 0 aliphatic rings. The maximum atomic E-state index is 5.21. The summed E-state index contributed by atoms with van der Waals surface area (Å²) in [6.07, 6.45) is 0.123. The van der Waals surface area contributed by atoms with Gasteiger partial charge >= 0.3 is 0 Å². The Hall–Kier alpha value is 0.240. The van der Waals surface area contributed by atoms with Crippen LogP contribution in [0.25, 0.3) is 0 Å². The van der Waals surface area contributed by atoms with Gasteiger partial charge in [0.2, 0.25) is 4.38 Å². The molecule has 1 unspecified atom stereocenters. The Balaban J connectivity index is 3.85. The molecule has 0 heterocycles. The average molecular weight is 178 g/mol. The molecule has 60 valence electrons. The summed E-state index contributed by atoms with van der Waals surface area (Å²) in [5, 5.41) is 0. The highest BCUT2D eigenvalue weighted by atomic mass is 32.1. The average Bonchev–Trinajstić information content (AvgIpc) is 1.60. The maximum absolute atomic E-state index is 5.21. The molecule has 0 bridgehead atoms. The molecule has 0 aromatic rings. The predicted octanol–water partition coefficient (Wildman–Crippen LogP) is 2.65. The standard InChI is InChI=1S/C7H14OS2/c1-5(7(2,3)4)8-6(9)10/h5H,1-4H3,(H,9,10). The lowest BCUT2D eigenvalue weighted by molar-refractivity contribution is 0.101. The van der Waals surface area contributed by atoms with E-state index in [-0.39, 0.29) is 11.5 Å². The first kappa shape index (κ1) is 10.2.